The first-order valence-corrected chi connectivity index (χ1v) is 6.00. The summed E-state index contributed by atoms with van der Waals surface area (Å²) in [4.78, 5) is 16.7. The second-order valence-electron chi connectivity index (χ2n) is 4.02. The van der Waals surface area contributed by atoms with E-state index in [9.17, 15) is 4.79 Å². The highest BCUT2D eigenvalue weighted by Gasteiger charge is 2.45. The van der Waals surface area contributed by atoms with Gasteiger partial charge in [0, 0.05) is 17.4 Å². The summed E-state index contributed by atoms with van der Waals surface area (Å²) in [5, 5.41) is 1.31. The molecule has 2 rings (SSSR count). The van der Waals surface area contributed by atoms with Crippen molar-refractivity contribution < 1.29 is 9.63 Å². The monoisotopic (exact) mass is 283 g/mol. The summed E-state index contributed by atoms with van der Waals surface area (Å²) >= 11 is 3.44. The van der Waals surface area contributed by atoms with Gasteiger partial charge in [0.15, 0.2) is 0 Å². The highest BCUT2D eigenvalue weighted by Crippen LogP contribution is 2.48. The van der Waals surface area contributed by atoms with E-state index in [-0.39, 0.29) is 11.8 Å². The molecule has 16 heavy (non-hydrogen) atoms. The first-order valence-electron chi connectivity index (χ1n) is 5.20. The van der Waals surface area contributed by atoms with Crippen LogP contribution in [0.15, 0.2) is 28.7 Å². The maximum atomic E-state index is 11.8. The van der Waals surface area contributed by atoms with Crippen molar-refractivity contribution in [1.82, 2.24) is 5.06 Å². The second-order valence-corrected chi connectivity index (χ2v) is 4.94. The van der Waals surface area contributed by atoms with Gasteiger partial charge in [-0.05, 0) is 30.0 Å². The molecular formula is C12H14BrNO2. The van der Waals surface area contributed by atoms with Gasteiger partial charge in [-0.2, -0.15) is 0 Å². The van der Waals surface area contributed by atoms with E-state index < -0.39 is 0 Å². The molecule has 4 heteroatoms. The summed E-state index contributed by atoms with van der Waals surface area (Å²) in [5.41, 5.74) is 1.22. The van der Waals surface area contributed by atoms with Crippen LogP contribution in [-0.2, 0) is 9.63 Å². The largest absolute Gasteiger partial charge is 0.275 e. The Kier molecular flexibility index (Phi) is 3.30. The average Bonchev–Trinajstić information content (AvgIpc) is 3.07. The lowest BCUT2D eigenvalue weighted by atomic mass is 10.1. The van der Waals surface area contributed by atoms with Crippen molar-refractivity contribution in [3.05, 3.63) is 34.3 Å². The lowest BCUT2D eigenvalue weighted by Gasteiger charge is -2.13. The van der Waals surface area contributed by atoms with Crippen LogP contribution in [0.2, 0.25) is 0 Å². The van der Waals surface area contributed by atoms with Crippen molar-refractivity contribution in [2.24, 2.45) is 5.92 Å². The Bertz CT molecular complexity index is 408. The molecule has 1 aromatic carbocycles. The SMILES string of the molecule is CON(C)C(=O)[C@H]1C[C@H]1c1cccc(Br)c1. The fraction of sp³-hybridized carbons (Fsp3) is 0.417. The minimum absolute atomic E-state index is 0.0625. The predicted octanol–water partition coefficient (Wildman–Crippen LogP) is 2.57. The first kappa shape index (κ1) is 11.6. The Balaban J connectivity index is 2.04. The van der Waals surface area contributed by atoms with Gasteiger partial charge in [-0.25, -0.2) is 5.06 Å². The minimum atomic E-state index is 0.0625. The van der Waals surface area contributed by atoms with E-state index in [0.717, 1.165) is 10.9 Å². The van der Waals surface area contributed by atoms with Crippen LogP contribution in [-0.4, -0.2) is 25.1 Å². The van der Waals surface area contributed by atoms with Crippen LogP contribution in [0, 0.1) is 5.92 Å². The highest BCUT2D eigenvalue weighted by atomic mass is 79.9. The van der Waals surface area contributed by atoms with Crippen LogP contribution in [0.3, 0.4) is 0 Å². The summed E-state index contributed by atoms with van der Waals surface area (Å²) in [7, 11) is 3.16. The molecule has 0 unspecified atom stereocenters. The van der Waals surface area contributed by atoms with Gasteiger partial charge < -0.3 is 0 Å². The highest BCUT2D eigenvalue weighted by molar-refractivity contribution is 9.10. The lowest BCUT2D eigenvalue weighted by Crippen LogP contribution is -2.27. The Morgan fingerprint density at radius 3 is 2.94 bits per heavy atom. The molecule has 0 spiro atoms. The van der Waals surface area contributed by atoms with Crippen molar-refractivity contribution in [3.8, 4) is 0 Å². The van der Waals surface area contributed by atoms with E-state index in [0.29, 0.717) is 5.92 Å². The van der Waals surface area contributed by atoms with Gasteiger partial charge in [0.25, 0.3) is 0 Å². The zero-order valence-corrected chi connectivity index (χ0v) is 10.9. The molecule has 2 atom stereocenters. The molecule has 1 amide bonds. The quantitative estimate of drug-likeness (QED) is 0.798. The third-order valence-corrected chi connectivity index (χ3v) is 3.46. The molecule has 0 bridgehead atoms. The predicted molar refractivity (Wildman–Crippen MR) is 64.8 cm³/mol. The molecule has 1 aromatic rings. The van der Waals surface area contributed by atoms with Gasteiger partial charge in [0.2, 0.25) is 5.91 Å². The third kappa shape index (κ3) is 2.28. The number of amides is 1. The van der Waals surface area contributed by atoms with E-state index in [4.69, 9.17) is 4.84 Å². The van der Waals surface area contributed by atoms with Gasteiger partial charge in [0.05, 0.1) is 7.11 Å². The molecule has 0 aliphatic heterocycles. The van der Waals surface area contributed by atoms with Crippen LogP contribution >= 0.6 is 15.9 Å². The number of benzene rings is 1. The number of carbonyl (C=O) groups is 1. The molecule has 86 valence electrons. The van der Waals surface area contributed by atoms with E-state index in [1.165, 1.54) is 17.7 Å². The Morgan fingerprint density at radius 1 is 1.56 bits per heavy atom. The van der Waals surface area contributed by atoms with Gasteiger partial charge in [-0.1, -0.05) is 28.1 Å². The first-order chi connectivity index (χ1) is 7.63. The van der Waals surface area contributed by atoms with Crippen molar-refractivity contribution in [3.63, 3.8) is 0 Å². The van der Waals surface area contributed by atoms with E-state index in [1.54, 1.807) is 7.05 Å². The van der Waals surface area contributed by atoms with Crippen LogP contribution in [0.5, 0.6) is 0 Å². The molecule has 0 aromatic heterocycles. The van der Waals surface area contributed by atoms with Gasteiger partial charge in [0.1, 0.15) is 0 Å². The van der Waals surface area contributed by atoms with Gasteiger partial charge in [-0.15, -0.1) is 0 Å². The smallest absolute Gasteiger partial charge is 0.249 e. The molecule has 1 fully saturated rings. The zero-order chi connectivity index (χ0) is 11.7. The zero-order valence-electron chi connectivity index (χ0n) is 9.31. The lowest BCUT2D eigenvalue weighted by molar-refractivity contribution is -0.170. The fourth-order valence-corrected chi connectivity index (χ4v) is 2.31. The topological polar surface area (TPSA) is 29.5 Å². The van der Waals surface area contributed by atoms with Crippen LogP contribution < -0.4 is 0 Å². The normalized spacial score (nSPS) is 22.9. The van der Waals surface area contributed by atoms with Crippen molar-refractivity contribution in [2.45, 2.75) is 12.3 Å². The van der Waals surface area contributed by atoms with Crippen molar-refractivity contribution in [1.29, 1.82) is 0 Å². The summed E-state index contributed by atoms with van der Waals surface area (Å²) in [6.07, 6.45) is 0.920. The number of hydrogen-bond donors (Lipinski definition) is 0. The molecule has 0 N–H and O–H groups in total. The Morgan fingerprint density at radius 2 is 2.31 bits per heavy atom. The van der Waals surface area contributed by atoms with Gasteiger partial charge in [-0.3, -0.25) is 9.63 Å². The molecule has 0 radical (unpaired) electrons. The number of hydrogen-bond acceptors (Lipinski definition) is 2. The summed E-state index contributed by atoms with van der Waals surface area (Å²) in [6.45, 7) is 0. The van der Waals surface area contributed by atoms with Crippen LogP contribution in [0.25, 0.3) is 0 Å². The summed E-state index contributed by atoms with van der Waals surface area (Å²) < 4.78 is 1.06. The third-order valence-electron chi connectivity index (χ3n) is 2.97. The standard InChI is InChI=1S/C12H14BrNO2/c1-14(16-2)12(15)11-7-10(11)8-4-3-5-9(13)6-8/h3-6,10-11H,7H2,1-2H3/t10-,11-/m0/s1. The van der Waals surface area contributed by atoms with Crippen LogP contribution in [0.4, 0.5) is 0 Å². The van der Waals surface area contributed by atoms with E-state index >= 15 is 0 Å². The van der Waals surface area contributed by atoms with Crippen molar-refractivity contribution in [2.75, 3.05) is 14.2 Å². The fourth-order valence-electron chi connectivity index (χ4n) is 1.90. The molecule has 0 saturated heterocycles. The molecule has 1 saturated carbocycles. The average molecular weight is 284 g/mol. The summed E-state index contributed by atoms with van der Waals surface area (Å²) in [6, 6.07) is 8.13. The second kappa shape index (κ2) is 4.55. The molecular weight excluding hydrogens is 270 g/mol. The van der Waals surface area contributed by atoms with Gasteiger partial charge >= 0.3 is 0 Å². The molecule has 3 nitrogen and oxygen atoms in total. The Hall–Kier alpha value is -0.870. The Labute approximate surface area is 103 Å². The molecule has 0 heterocycles. The van der Waals surface area contributed by atoms with E-state index in [1.807, 2.05) is 12.1 Å². The number of carbonyl (C=O) groups excluding carboxylic acids is 1. The molecule has 1 aliphatic carbocycles. The number of rotatable bonds is 3. The maximum Gasteiger partial charge on any atom is 0.249 e. The summed E-state index contributed by atoms with van der Waals surface area (Å²) in [5.74, 6) is 0.495. The van der Waals surface area contributed by atoms with Crippen molar-refractivity contribution >= 4 is 21.8 Å². The number of hydroxylamine groups is 2. The number of nitrogens with zero attached hydrogens (tertiary/aromatic N) is 1. The van der Waals surface area contributed by atoms with E-state index in [2.05, 4.69) is 28.1 Å². The minimum Gasteiger partial charge on any atom is -0.275 e. The maximum absolute atomic E-state index is 11.8. The number of halogens is 1. The molecule has 1 aliphatic rings. The van der Waals surface area contributed by atoms with Crippen LogP contribution in [0.1, 0.15) is 17.9 Å².